The minimum Gasteiger partial charge on any atom is -0.464 e. The summed E-state index contributed by atoms with van der Waals surface area (Å²) in [6.07, 6.45) is 0.973. The number of nitrogens with one attached hydrogen (secondary N) is 1. The first-order valence-electron chi connectivity index (χ1n) is 7.66. The van der Waals surface area contributed by atoms with Crippen molar-refractivity contribution in [3.8, 4) is 0 Å². The first-order chi connectivity index (χ1) is 10.1. The van der Waals surface area contributed by atoms with Gasteiger partial charge in [-0.2, -0.15) is 0 Å². The molecule has 0 aliphatic carbocycles. The summed E-state index contributed by atoms with van der Waals surface area (Å²) in [7, 11) is 0. The smallest absolute Gasteiger partial charge is 0.333 e. The van der Waals surface area contributed by atoms with Crippen LogP contribution >= 0.6 is 0 Å². The average molecular weight is 293 g/mol. The van der Waals surface area contributed by atoms with E-state index in [4.69, 9.17) is 9.47 Å². The van der Waals surface area contributed by atoms with Crippen molar-refractivity contribution < 1.29 is 14.3 Å². The fourth-order valence-electron chi connectivity index (χ4n) is 2.09. The lowest BCUT2D eigenvalue weighted by molar-refractivity contribution is -0.155. The van der Waals surface area contributed by atoms with Gasteiger partial charge in [0.1, 0.15) is 0 Å². The summed E-state index contributed by atoms with van der Waals surface area (Å²) in [5.74, 6) is -0.287. The van der Waals surface area contributed by atoms with Gasteiger partial charge < -0.3 is 9.47 Å². The third-order valence-corrected chi connectivity index (χ3v) is 3.20. The lowest BCUT2D eigenvalue weighted by Crippen LogP contribution is -2.54. The maximum absolute atomic E-state index is 12.6. The van der Waals surface area contributed by atoms with E-state index < -0.39 is 5.54 Å². The number of hydrogen-bond acceptors (Lipinski definition) is 4. The molecular weight excluding hydrogens is 266 g/mol. The molecule has 0 spiro atoms. The number of hydrogen-bond donors (Lipinski definition) is 1. The van der Waals surface area contributed by atoms with Gasteiger partial charge in [0.05, 0.1) is 19.3 Å². The van der Waals surface area contributed by atoms with E-state index in [9.17, 15) is 4.79 Å². The first-order valence-corrected chi connectivity index (χ1v) is 7.66. The van der Waals surface area contributed by atoms with Crippen molar-refractivity contribution in [2.24, 2.45) is 0 Å². The third-order valence-electron chi connectivity index (χ3n) is 3.20. The number of carbonyl (C=O) groups excluding carboxylic acids is 1. The Balaban J connectivity index is 3.15. The van der Waals surface area contributed by atoms with Gasteiger partial charge >= 0.3 is 5.97 Å². The Labute approximate surface area is 127 Å². The number of carbonyl (C=O) groups is 1. The molecule has 0 saturated heterocycles. The second-order valence-electron chi connectivity index (χ2n) is 5.28. The second kappa shape index (κ2) is 8.80. The lowest BCUT2D eigenvalue weighted by Gasteiger charge is -2.33. The summed E-state index contributed by atoms with van der Waals surface area (Å²) >= 11 is 0. The van der Waals surface area contributed by atoms with E-state index >= 15 is 0 Å². The van der Waals surface area contributed by atoms with Gasteiger partial charge in [0.15, 0.2) is 5.54 Å². The molecule has 1 rings (SSSR count). The molecule has 0 heterocycles. The van der Waals surface area contributed by atoms with E-state index in [0.29, 0.717) is 6.61 Å². The van der Waals surface area contributed by atoms with Gasteiger partial charge in [-0.25, -0.2) is 4.79 Å². The average Bonchev–Trinajstić information content (AvgIpc) is 2.48. The number of rotatable bonds is 9. The summed E-state index contributed by atoms with van der Waals surface area (Å²) in [6.45, 7) is 9.13. The molecule has 0 fully saturated rings. The molecule has 1 aromatic carbocycles. The quantitative estimate of drug-likeness (QED) is 0.711. The molecule has 4 heteroatoms. The molecule has 118 valence electrons. The van der Waals surface area contributed by atoms with E-state index in [1.54, 1.807) is 0 Å². The molecule has 0 aliphatic rings. The number of esters is 1. The summed E-state index contributed by atoms with van der Waals surface area (Å²) in [4.78, 5) is 12.6. The Bertz CT molecular complexity index is 419. The van der Waals surface area contributed by atoms with E-state index in [-0.39, 0.29) is 18.7 Å². The van der Waals surface area contributed by atoms with Gasteiger partial charge in [-0.05, 0) is 39.3 Å². The molecule has 1 N–H and O–H groups in total. The van der Waals surface area contributed by atoms with Gasteiger partial charge in [-0.1, -0.05) is 37.3 Å². The Morgan fingerprint density at radius 2 is 1.90 bits per heavy atom. The van der Waals surface area contributed by atoms with Crippen LogP contribution in [0.1, 0.15) is 39.7 Å². The van der Waals surface area contributed by atoms with Gasteiger partial charge in [-0.15, -0.1) is 0 Å². The SMILES string of the molecule is CCCNC(COC(C)C)(C(=O)OCC)c1ccccc1. The normalized spacial score (nSPS) is 14.0. The number of ether oxygens (including phenoxy) is 2. The molecular formula is C17H27NO3. The minimum atomic E-state index is -0.947. The van der Waals surface area contributed by atoms with Crippen LogP contribution in [0, 0.1) is 0 Å². The summed E-state index contributed by atoms with van der Waals surface area (Å²) in [5, 5.41) is 3.34. The first kappa shape index (κ1) is 17.7. The van der Waals surface area contributed by atoms with Gasteiger partial charge in [-0.3, -0.25) is 5.32 Å². The third kappa shape index (κ3) is 4.83. The number of benzene rings is 1. The molecule has 0 bridgehead atoms. The molecule has 0 amide bonds. The van der Waals surface area contributed by atoms with E-state index in [0.717, 1.165) is 18.5 Å². The van der Waals surface area contributed by atoms with E-state index in [1.165, 1.54) is 0 Å². The molecule has 0 saturated carbocycles. The van der Waals surface area contributed by atoms with Crippen molar-refractivity contribution in [2.75, 3.05) is 19.8 Å². The van der Waals surface area contributed by atoms with Crippen LogP contribution in [0.4, 0.5) is 0 Å². The molecule has 0 radical (unpaired) electrons. The van der Waals surface area contributed by atoms with Gasteiger partial charge in [0.2, 0.25) is 0 Å². The van der Waals surface area contributed by atoms with Crippen molar-refractivity contribution >= 4 is 5.97 Å². The van der Waals surface area contributed by atoms with Gasteiger partial charge in [0, 0.05) is 0 Å². The maximum atomic E-state index is 12.6. The molecule has 0 aromatic heterocycles. The van der Waals surface area contributed by atoms with Crippen LogP contribution in [0.15, 0.2) is 30.3 Å². The molecule has 21 heavy (non-hydrogen) atoms. The van der Waals surface area contributed by atoms with Crippen molar-refractivity contribution in [3.05, 3.63) is 35.9 Å². The van der Waals surface area contributed by atoms with Crippen molar-refractivity contribution in [1.82, 2.24) is 5.32 Å². The highest BCUT2D eigenvalue weighted by Gasteiger charge is 2.41. The van der Waals surface area contributed by atoms with Crippen molar-refractivity contribution in [3.63, 3.8) is 0 Å². The van der Waals surface area contributed by atoms with Crippen LogP contribution in [0.25, 0.3) is 0 Å². The summed E-state index contributed by atoms with van der Waals surface area (Å²) in [5.41, 5.74) is -0.0741. The standard InChI is InChI=1S/C17H27NO3/c1-5-12-18-17(13-21-14(3)4,16(19)20-6-2)15-10-8-7-9-11-15/h7-11,14,18H,5-6,12-13H2,1-4H3. The van der Waals surface area contributed by atoms with Crippen molar-refractivity contribution in [2.45, 2.75) is 45.8 Å². The van der Waals surface area contributed by atoms with E-state index in [1.807, 2.05) is 51.1 Å². The maximum Gasteiger partial charge on any atom is 0.333 e. The Hall–Kier alpha value is -1.39. The molecule has 4 nitrogen and oxygen atoms in total. The van der Waals surface area contributed by atoms with Crippen LogP contribution in [0.3, 0.4) is 0 Å². The van der Waals surface area contributed by atoms with E-state index in [2.05, 4.69) is 12.2 Å². The fourth-order valence-corrected chi connectivity index (χ4v) is 2.09. The zero-order chi connectivity index (χ0) is 15.7. The van der Waals surface area contributed by atoms with Crippen LogP contribution in [0.2, 0.25) is 0 Å². The zero-order valence-corrected chi connectivity index (χ0v) is 13.5. The highest BCUT2D eigenvalue weighted by atomic mass is 16.5. The predicted molar refractivity (Wildman–Crippen MR) is 84.1 cm³/mol. The largest absolute Gasteiger partial charge is 0.464 e. The van der Waals surface area contributed by atoms with Crippen molar-refractivity contribution in [1.29, 1.82) is 0 Å². The van der Waals surface area contributed by atoms with Crippen LogP contribution in [-0.4, -0.2) is 31.8 Å². The molecule has 0 aliphatic heterocycles. The Morgan fingerprint density at radius 1 is 1.24 bits per heavy atom. The van der Waals surface area contributed by atoms with Crippen LogP contribution < -0.4 is 5.32 Å². The monoisotopic (exact) mass is 293 g/mol. The second-order valence-corrected chi connectivity index (χ2v) is 5.28. The Morgan fingerprint density at radius 3 is 2.43 bits per heavy atom. The lowest BCUT2D eigenvalue weighted by atomic mass is 9.90. The molecule has 1 aromatic rings. The predicted octanol–water partition coefficient (Wildman–Crippen LogP) is 2.87. The van der Waals surface area contributed by atoms with Crippen LogP contribution in [0.5, 0.6) is 0 Å². The molecule has 1 unspecified atom stereocenters. The zero-order valence-electron chi connectivity index (χ0n) is 13.5. The summed E-state index contributed by atoms with van der Waals surface area (Å²) in [6, 6.07) is 9.65. The fraction of sp³-hybridized carbons (Fsp3) is 0.588. The minimum absolute atomic E-state index is 0.0472. The topological polar surface area (TPSA) is 47.6 Å². The summed E-state index contributed by atoms with van der Waals surface area (Å²) < 4.78 is 11.1. The highest BCUT2D eigenvalue weighted by molar-refractivity contribution is 5.83. The highest BCUT2D eigenvalue weighted by Crippen LogP contribution is 2.24. The Kier molecular flexibility index (Phi) is 7.40. The van der Waals surface area contributed by atoms with Gasteiger partial charge in [0.25, 0.3) is 0 Å². The van der Waals surface area contributed by atoms with Crippen LogP contribution in [-0.2, 0) is 19.8 Å². The molecule has 1 atom stereocenters.